The van der Waals surface area contributed by atoms with E-state index in [4.69, 9.17) is 15.2 Å². The Morgan fingerprint density at radius 2 is 1.82 bits per heavy atom. The van der Waals surface area contributed by atoms with Crippen molar-refractivity contribution in [3.63, 3.8) is 0 Å². The third-order valence-corrected chi connectivity index (χ3v) is 8.70. The van der Waals surface area contributed by atoms with Gasteiger partial charge in [-0.15, -0.1) is 0 Å². The Labute approximate surface area is 168 Å². The van der Waals surface area contributed by atoms with Crippen LogP contribution in [0, 0.1) is 28.6 Å². The van der Waals surface area contributed by atoms with Crippen LogP contribution in [0.5, 0.6) is 0 Å². The lowest BCUT2D eigenvalue weighted by Gasteiger charge is -2.58. The number of carbonyl (C=O) groups is 2. The van der Waals surface area contributed by atoms with Crippen LogP contribution >= 0.6 is 0 Å². The van der Waals surface area contributed by atoms with Crippen LogP contribution in [0.4, 0.5) is 0 Å². The average molecular weight is 390 g/mol. The lowest BCUT2D eigenvalue weighted by molar-refractivity contribution is -0.157. The average Bonchev–Trinajstić information content (AvgIpc) is 2.97. The number of allylic oxidation sites excluding steroid dienone is 1. The molecule has 156 valence electrons. The van der Waals surface area contributed by atoms with Gasteiger partial charge in [-0.2, -0.15) is 0 Å². The maximum absolute atomic E-state index is 11.6. The molecule has 4 rings (SSSR count). The summed E-state index contributed by atoms with van der Waals surface area (Å²) in [6.45, 7) is 6.06. The highest BCUT2D eigenvalue weighted by atomic mass is 16.5. The molecule has 0 spiro atoms. The van der Waals surface area contributed by atoms with Crippen molar-refractivity contribution in [3.8, 4) is 0 Å². The summed E-state index contributed by atoms with van der Waals surface area (Å²) < 4.78 is 11.3. The van der Waals surface area contributed by atoms with Crippen molar-refractivity contribution in [2.75, 3.05) is 6.54 Å². The summed E-state index contributed by atoms with van der Waals surface area (Å²) in [5.41, 5.74) is 8.05. The Morgan fingerprint density at radius 1 is 1.07 bits per heavy atom. The molecule has 7 atom stereocenters. The molecule has 0 heterocycles. The summed E-state index contributed by atoms with van der Waals surface area (Å²) in [6.07, 6.45) is 10.8. The summed E-state index contributed by atoms with van der Waals surface area (Å²) in [5.74, 6) is 1.49. The molecule has 5 heteroatoms. The largest absolute Gasteiger partial charge is 0.462 e. The topological polar surface area (TPSA) is 78.6 Å². The first kappa shape index (κ1) is 19.9. The van der Waals surface area contributed by atoms with Crippen molar-refractivity contribution in [2.45, 2.75) is 84.3 Å². The highest BCUT2D eigenvalue weighted by Crippen LogP contribution is 2.65. The van der Waals surface area contributed by atoms with Crippen molar-refractivity contribution in [1.29, 1.82) is 0 Å². The normalized spacial score (nSPS) is 44.6. The van der Waals surface area contributed by atoms with Crippen molar-refractivity contribution in [1.82, 2.24) is 0 Å². The third kappa shape index (κ3) is 3.01. The van der Waals surface area contributed by atoms with Crippen LogP contribution in [0.25, 0.3) is 0 Å². The number of hydrogen-bond donors (Lipinski definition) is 1. The van der Waals surface area contributed by atoms with Crippen LogP contribution in [-0.4, -0.2) is 30.7 Å². The molecule has 2 N–H and O–H groups in total. The van der Waals surface area contributed by atoms with Crippen molar-refractivity contribution in [3.05, 3.63) is 11.6 Å². The molecule has 0 radical (unpaired) electrons. The molecule has 0 aromatic rings. The highest BCUT2D eigenvalue weighted by Gasteiger charge is 2.60. The molecule has 0 amide bonds. The molecule has 0 saturated heterocycles. The third-order valence-electron chi connectivity index (χ3n) is 8.70. The van der Waals surface area contributed by atoms with Crippen molar-refractivity contribution < 1.29 is 19.1 Å². The maximum atomic E-state index is 11.6. The Kier molecular flexibility index (Phi) is 5.09. The number of rotatable bonds is 3. The predicted molar refractivity (Wildman–Crippen MR) is 106 cm³/mol. The molecule has 3 fully saturated rings. The van der Waals surface area contributed by atoms with Crippen LogP contribution in [0.1, 0.15) is 72.1 Å². The molecule has 3 saturated carbocycles. The van der Waals surface area contributed by atoms with Crippen LogP contribution in [0.15, 0.2) is 11.6 Å². The molecule has 4 aliphatic carbocycles. The molecule has 0 aromatic carbocycles. The Balaban J connectivity index is 1.59. The van der Waals surface area contributed by atoms with Gasteiger partial charge >= 0.3 is 11.9 Å². The molecule has 5 nitrogen and oxygen atoms in total. The minimum Gasteiger partial charge on any atom is -0.462 e. The summed E-state index contributed by atoms with van der Waals surface area (Å²) >= 11 is 0. The van der Waals surface area contributed by atoms with Crippen LogP contribution in [0.3, 0.4) is 0 Å². The summed E-state index contributed by atoms with van der Waals surface area (Å²) in [7, 11) is 0. The Morgan fingerprint density at radius 3 is 2.50 bits per heavy atom. The van der Waals surface area contributed by atoms with Gasteiger partial charge in [0.1, 0.15) is 12.2 Å². The maximum Gasteiger partial charge on any atom is 0.302 e. The van der Waals surface area contributed by atoms with Gasteiger partial charge in [-0.25, -0.2) is 0 Å². The SMILES string of the molecule is CC(=O)O[C@H]1CC[C@@]2(CN)C(=CCC3C2CC[C@@]2(C)C3CC[C@@H]2OC(C)=O)C1. The smallest absolute Gasteiger partial charge is 0.302 e. The quantitative estimate of drug-likeness (QED) is 0.587. The molecule has 0 aliphatic heterocycles. The first-order valence-corrected chi connectivity index (χ1v) is 11.0. The zero-order valence-corrected chi connectivity index (χ0v) is 17.5. The second kappa shape index (κ2) is 7.16. The van der Waals surface area contributed by atoms with E-state index < -0.39 is 0 Å². The van der Waals surface area contributed by atoms with E-state index in [1.807, 2.05) is 0 Å². The highest BCUT2D eigenvalue weighted by molar-refractivity contribution is 5.66. The van der Waals surface area contributed by atoms with Gasteiger partial charge in [0.05, 0.1) is 0 Å². The van der Waals surface area contributed by atoms with Crippen molar-refractivity contribution >= 4 is 11.9 Å². The fourth-order valence-electron chi connectivity index (χ4n) is 7.49. The van der Waals surface area contributed by atoms with E-state index in [0.717, 1.165) is 51.4 Å². The van der Waals surface area contributed by atoms with Gasteiger partial charge in [0.15, 0.2) is 0 Å². The van der Waals surface area contributed by atoms with Crippen LogP contribution < -0.4 is 5.73 Å². The van der Waals surface area contributed by atoms with Gasteiger partial charge in [0.2, 0.25) is 0 Å². The summed E-state index contributed by atoms with van der Waals surface area (Å²) in [4.78, 5) is 23.0. The standard InChI is InChI=1S/C23H35NO4/c1-14(25)27-17-8-11-23(13-24)16(12-17)4-5-18-19-6-7-21(28-15(2)26)22(19,3)10-9-20(18)23/h4,17-21H,5-13,24H2,1-3H3/t17-,18?,19?,20?,21-,22-,23+/m0/s1. The molecular formula is C23H35NO4. The molecule has 0 bridgehead atoms. The fraction of sp³-hybridized carbons (Fsp3) is 0.826. The lowest BCUT2D eigenvalue weighted by atomic mass is 9.47. The fourth-order valence-corrected chi connectivity index (χ4v) is 7.49. The van der Waals surface area contributed by atoms with Gasteiger partial charge < -0.3 is 15.2 Å². The molecular weight excluding hydrogens is 354 g/mol. The number of esters is 2. The van der Waals surface area contributed by atoms with Gasteiger partial charge in [0, 0.05) is 37.6 Å². The van der Waals surface area contributed by atoms with Crippen LogP contribution in [-0.2, 0) is 19.1 Å². The monoisotopic (exact) mass is 389 g/mol. The minimum atomic E-state index is -0.185. The molecule has 3 unspecified atom stereocenters. The zero-order valence-electron chi connectivity index (χ0n) is 17.5. The summed E-state index contributed by atoms with van der Waals surface area (Å²) in [6, 6.07) is 0. The van der Waals surface area contributed by atoms with Crippen LogP contribution in [0.2, 0.25) is 0 Å². The number of carbonyl (C=O) groups excluding carboxylic acids is 2. The first-order chi connectivity index (χ1) is 13.3. The van der Waals surface area contributed by atoms with E-state index in [0.29, 0.717) is 24.3 Å². The van der Waals surface area contributed by atoms with Gasteiger partial charge in [0.25, 0.3) is 0 Å². The molecule has 28 heavy (non-hydrogen) atoms. The van der Waals surface area contributed by atoms with E-state index in [-0.39, 0.29) is 35.0 Å². The number of hydrogen-bond acceptors (Lipinski definition) is 5. The van der Waals surface area contributed by atoms with Gasteiger partial charge in [-0.3, -0.25) is 9.59 Å². The van der Waals surface area contributed by atoms with E-state index in [1.54, 1.807) is 0 Å². The first-order valence-electron chi connectivity index (χ1n) is 11.0. The zero-order chi connectivity index (χ0) is 20.1. The van der Waals surface area contributed by atoms with E-state index in [9.17, 15) is 9.59 Å². The van der Waals surface area contributed by atoms with E-state index >= 15 is 0 Å². The minimum absolute atomic E-state index is 0.00802. The molecule has 4 aliphatic rings. The Bertz CT molecular complexity index is 688. The predicted octanol–water partition coefficient (Wildman–Crippen LogP) is 3.75. The van der Waals surface area contributed by atoms with Gasteiger partial charge in [-0.05, 0) is 62.7 Å². The number of nitrogens with two attached hydrogens (primary N) is 1. The molecule has 0 aromatic heterocycles. The van der Waals surface area contributed by atoms with Gasteiger partial charge in [-0.1, -0.05) is 18.6 Å². The van der Waals surface area contributed by atoms with E-state index in [2.05, 4.69) is 13.0 Å². The Hall–Kier alpha value is -1.36. The second-order valence-electron chi connectivity index (χ2n) is 9.90. The number of fused-ring (bicyclic) bond motifs is 5. The van der Waals surface area contributed by atoms with Crippen molar-refractivity contribution in [2.24, 2.45) is 34.3 Å². The number of ether oxygens (including phenoxy) is 2. The lowest BCUT2D eigenvalue weighted by Crippen LogP contribution is -2.55. The summed E-state index contributed by atoms with van der Waals surface area (Å²) in [5, 5.41) is 0. The second-order valence-corrected chi connectivity index (χ2v) is 9.90. The van der Waals surface area contributed by atoms with E-state index in [1.165, 1.54) is 19.4 Å².